The fourth-order valence-corrected chi connectivity index (χ4v) is 2.29. The van der Waals surface area contributed by atoms with Gasteiger partial charge in [-0.25, -0.2) is 4.39 Å². The molecular weight excluding hydrogens is 273 g/mol. The third-order valence-electron chi connectivity index (χ3n) is 2.31. The molecule has 1 aromatic carbocycles. The van der Waals surface area contributed by atoms with Gasteiger partial charge in [-0.05, 0) is 23.6 Å². The summed E-state index contributed by atoms with van der Waals surface area (Å²) >= 11 is 7.59. The Morgan fingerprint density at radius 1 is 1.33 bits per heavy atom. The Bertz CT molecular complexity index is 490. The zero-order valence-electron chi connectivity index (χ0n) is 9.66. The lowest BCUT2D eigenvalue weighted by molar-refractivity contribution is 0.312. The van der Waals surface area contributed by atoms with Crippen molar-refractivity contribution in [1.29, 1.82) is 0 Å². The molecule has 0 saturated carbocycles. The van der Waals surface area contributed by atoms with Crippen molar-refractivity contribution in [1.82, 2.24) is 5.32 Å². The van der Waals surface area contributed by atoms with Crippen LogP contribution < -0.4 is 10.1 Å². The third kappa shape index (κ3) is 3.98. The van der Waals surface area contributed by atoms with Gasteiger partial charge in [-0.15, -0.1) is 11.3 Å². The van der Waals surface area contributed by atoms with Crippen LogP contribution in [0.4, 0.5) is 4.39 Å². The zero-order chi connectivity index (χ0) is 12.8. The lowest BCUT2D eigenvalue weighted by atomic mass is 10.3. The molecule has 0 aliphatic rings. The van der Waals surface area contributed by atoms with E-state index in [0.29, 0.717) is 23.9 Å². The molecule has 0 bridgehead atoms. The Balaban J connectivity index is 1.70. The first-order valence-electron chi connectivity index (χ1n) is 5.56. The van der Waals surface area contributed by atoms with Crippen molar-refractivity contribution in [3.63, 3.8) is 0 Å². The molecule has 2 rings (SSSR count). The van der Waals surface area contributed by atoms with Crippen molar-refractivity contribution in [2.45, 2.75) is 6.54 Å². The van der Waals surface area contributed by atoms with Crippen LogP contribution in [0.2, 0.25) is 5.02 Å². The molecule has 1 heterocycles. The van der Waals surface area contributed by atoms with Crippen molar-refractivity contribution in [3.05, 3.63) is 51.4 Å². The van der Waals surface area contributed by atoms with Crippen molar-refractivity contribution >= 4 is 22.9 Å². The summed E-state index contributed by atoms with van der Waals surface area (Å²) in [7, 11) is 0. The number of hydrogen-bond donors (Lipinski definition) is 1. The lowest BCUT2D eigenvalue weighted by Gasteiger charge is -2.08. The Kier molecular flexibility index (Phi) is 4.99. The number of ether oxygens (including phenoxy) is 1. The normalized spacial score (nSPS) is 10.6. The summed E-state index contributed by atoms with van der Waals surface area (Å²) in [5.41, 5.74) is 0. The summed E-state index contributed by atoms with van der Waals surface area (Å²) in [6.07, 6.45) is 0. The molecular formula is C13H13ClFNOS. The number of nitrogens with one attached hydrogen (secondary N) is 1. The molecule has 0 aliphatic carbocycles. The van der Waals surface area contributed by atoms with Gasteiger partial charge in [0.1, 0.15) is 18.2 Å². The quantitative estimate of drug-likeness (QED) is 0.817. The molecule has 0 atom stereocenters. The average Bonchev–Trinajstić information content (AvgIpc) is 2.86. The van der Waals surface area contributed by atoms with Gasteiger partial charge in [0.05, 0.1) is 5.02 Å². The van der Waals surface area contributed by atoms with E-state index in [1.165, 1.54) is 23.1 Å². The highest BCUT2D eigenvalue weighted by molar-refractivity contribution is 7.09. The lowest BCUT2D eigenvalue weighted by Crippen LogP contribution is -2.20. The van der Waals surface area contributed by atoms with Crippen LogP contribution >= 0.6 is 22.9 Å². The molecule has 0 saturated heterocycles. The SMILES string of the molecule is Fc1ccc(Cl)c(OCCNCc2cccs2)c1. The van der Waals surface area contributed by atoms with Gasteiger partial charge >= 0.3 is 0 Å². The van der Waals surface area contributed by atoms with Gasteiger partial charge in [-0.2, -0.15) is 0 Å². The van der Waals surface area contributed by atoms with E-state index in [0.717, 1.165) is 6.54 Å². The van der Waals surface area contributed by atoms with Gasteiger partial charge in [-0.3, -0.25) is 0 Å². The number of rotatable bonds is 6. The minimum absolute atomic E-state index is 0.346. The Labute approximate surface area is 114 Å². The fourth-order valence-electron chi connectivity index (χ4n) is 1.45. The van der Waals surface area contributed by atoms with E-state index in [1.54, 1.807) is 11.3 Å². The second-order valence-corrected chi connectivity index (χ2v) is 5.12. The van der Waals surface area contributed by atoms with Gasteiger partial charge in [0.15, 0.2) is 0 Å². The summed E-state index contributed by atoms with van der Waals surface area (Å²) in [5, 5.41) is 5.71. The second-order valence-electron chi connectivity index (χ2n) is 3.68. The topological polar surface area (TPSA) is 21.3 Å². The summed E-state index contributed by atoms with van der Waals surface area (Å²) in [5.74, 6) is 0.0375. The predicted molar refractivity (Wildman–Crippen MR) is 72.9 cm³/mol. The maximum atomic E-state index is 13.0. The van der Waals surface area contributed by atoms with E-state index in [1.807, 2.05) is 11.4 Å². The molecule has 0 spiro atoms. The molecule has 2 nitrogen and oxygen atoms in total. The fraction of sp³-hybridized carbons (Fsp3) is 0.231. The highest BCUT2D eigenvalue weighted by Crippen LogP contribution is 2.24. The minimum Gasteiger partial charge on any atom is -0.491 e. The maximum Gasteiger partial charge on any atom is 0.140 e. The molecule has 96 valence electrons. The molecule has 2 aromatic rings. The Morgan fingerprint density at radius 3 is 3.00 bits per heavy atom. The largest absolute Gasteiger partial charge is 0.491 e. The highest BCUT2D eigenvalue weighted by Gasteiger charge is 2.02. The van der Waals surface area contributed by atoms with E-state index < -0.39 is 0 Å². The van der Waals surface area contributed by atoms with Crippen LogP contribution in [0.5, 0.6) is 5.75 Å². The second kappa shape index (κ2) is 6.73. The summed E-state index contributed by atoms with van der Waals surface area (Å²) in [6.45, 7) is 1.96. The molecule has 1 N–H and O–H groups in total. The minimum atomic E-state index is -0.346. The number of halogens is 2. The first-order chi connectivity index (χ1) is 8.75. The van der Waals surface area contributed by atoms with Gasteiger partial charge in [0.25, 0.3) is 0 Å². The molecule has 0 radical (unpaired) electrons. The highest BCUT2D eigenvalue weighted by atomic mass is 35.5. The van der Waals surface area contributed by atoms with E-state index in [2.05, 4.69) is 11.4 Å². The molecule has 5 heteroatoms. The maximum absolute atomic E-state index is 13.0. The predicted octanol–water partition coefficient (Wildman–Crippen LogP) is 3.71. The molecule has 0 aliphatic heterocycles. The third-order valence-corrected chi connectivity index (χ3v) is 3.50. The van der Waals surface area contributed by atoms with Crippen LogP contribution in [-0.2, 0) is 6.54 Å². The molecule has 1 aromatic heterocycles. The van der Waals surface area contributed by atoms with Crippen molar-refractivity contribution < 1.29 is 9.13 Å². The molecule has 0 fully saturated rings. The van der Waals surface area contributed by atoms with Crippen LogP contribution in [0.15, 0.2) is 35.7 Å². The number of benzene rings is 1. The first kappa shape index (κ1) is 13.3. The standard InChI is InChI=1S/C13H13ClFNOS/c14-12-4-3-10(15)8-13(12)17-6-5-16-9-11-2-1-7-18-11/h1-4,7-8,16H,5-6,9H2. The van der Waals surface area contributed by atoms with E-state index in [4.69, 9.17) is 16.3 Å². The van der Waals surface area contributed by atoms with Gasteiger partial charge in [-0.1, -0.05) is 17.7 Å². The monoisotopic (exact) mass is 285 g/mol. The van der Waals surface area contributed by atoms with Crippen LogP contribution in [0.1, 0.15) is 4.88 Å². The molecule has 18 heavy (non-hydrogen) atoms. The summed E-state index contributed by atoms with van der Waals surface area (Å²) < 4.78 is 18.4. The van der Waals surface area contributed by atoms with Crippen molar-refractivity contribution in [2.75, 3.05) is 13.2 Å². The van der Waals surface area contributed by atoms with Crippen molar-refractivity contribution in [2.24, 2.45) is 0 Å². The molecule has 0 amide bonds. The van der Waals surface area contributed by atoms with Crippen LogP contribution in [0, 0.1) is 5.82 Å². The van der Waals surface area contributed by atoms with Crippen LogP contribution in [0.3, 0.4) is 0 Å². The van der Waals surface area contributed by atoms with Crippen LogP contribution in [-0.4, -0.2) is 13.2 Å². The van der Waals surface area contributed by atoms with Gasteiger partial charge in [0, 0.05) is 24.0 Å². The Hall–Kier alpha value is -1.10. The Morgan fingerprint density at radius 2 is 2.22 bits per heavy atom. The van der Waals surface area contributed by atoms with Gasteiger partial charge in [0.2, 0.25) is 0 Å². The zero-order valence-corrected chi connectivity index (χ0v) is 11.2. The van der Waals surface area contributed by atoms with Crippen molar-refractivity contribution in [3.8, 4) is 5.75 Å². The summed E-state index contributed by atoms with van der Waals surface area (Å²) in [6, 6.07) is 8.18. The molecule has 0 unspecified atom stereocenters. The smallest absolute Gasteiger partial charge is 0.140 e. The van der Waals surface area contributed by atoms with Gasteiger partial charge < -0.3 is 10.1 Å². The summed E-state index contributed by atoms with van der Waals surface area (Å²) in [4.78, 5) is 1.28. The number of hydrogen-bond acceptors (Lipinski definition) is 3. The average molecular weight is 286 g/mol. The number of thiophene rings is 1. The van der Waals surface area contributed by atoms with E-state index >= 15 is 0 Å². The van der Waals surface area contributed by atoms with Crippen LogP contribution in [0.25, 0.3) is 0 Å². The first-order valence-corrected chi connectivity index (χ1v) is 6.82. The van der Waals surface area contributed by atoms with E-state index in [9.17, 15) is 4.39 Å². The van der Waals surface area contributed by atoms with E-state index in [-0.39, 0.29) is 5.82 Å².